The van der Waals surface area contributed by atoms with E-state index in [4.69, 9.17) is 4.74 Å². The summed E-state index contributed by atoms with van der Waals surface area (Å²) < 4.78 is 7.31. The molecule has 1 fully saturated rings. The van der Waals surface area contributed by atoms with Crippen molar-refractivity contribution < 1.29 is 9.53 Å². The minimum atomic E-state index is -0.136. The Hall–Kier alpha value is -3.84. The first-order chi connectivity index (χ1) is 18.4. The SMILES string of the molecule is CNC(=O)N1CCC(NC2CCOCC2)=C(C(=N)N2CCCc3cc(-c4cn(C)nc4C)c(C#N)cc32)C1. The number of amidine groups is 1. The Kier molecular flexibility index (Phi) is 7.38. The van der Waals surface area contributed by atoms with Crippen LogP contribution in [-0.2, 0) is 18.2 Å². The van der Waals surface area contributed by atoms with Gasteiger partial charge in [0.05, 0.1) is 23.9 Å². The summed E-state index contributed by atoms with van der Waals surface area (Å²) in [6, 6.07) is 6.58. The number of anilines is 1. The van der Waals surface area contributed by atoms with E-state index in [2.05, 4.69) is 27.9 Å². The maximum atomic E-state index is 12.5. The van der Waals surface area contributed by atoms with Crippen LogP contribution in [-0.4, -0.2) is 72.5 Å². The van der Waals surface area contributed by atoms with E-state index in [0.29, 0.717) is 43.5 Å². The largest absolute Gasteiger partial charge is 0.385 e. The number of carbonyl (C=O) groups excluding carboxylic acids is 1. The molecular formula is C28H36N8O2. The number of carbonyl (C=O) groups is 1. The van der Waals surface area contributed by atoms with E-state index in [1.54, 1.807) is 16.6 Å². The third kappa shape index (κ3) is 4.98. The molecule has 1 aromatic heterocycles. The molecule has 0 saturated carbocycles. The summed E-state index contributed by atoms with van der Waals surface area (Å²) in [6.07, 6.45) is 6.27. The number of aryl methyl sites for hydroxylation is 3. The van der Waals surface area contributed by atoms with Crippen molar-refractivity contribution in [2.75, 3.05) is 44.8 Å². The third-order valence-electron chi connectivity index (χ3n) is 7.76. The van der Waals surface area contributed by atoms with E-state index < -0.39 is 0 Å². The number of hydrogen-bond donors (Lipinski definition) is 3. The second kappa shape index (κ2) is 10.9. The van der Waals surface area contributed by atoms with Gasteiger partial charge in [0, 0.05) is 87.1 Å². The highest BCUT2D eigenvalue weighted by Crippen LogP contribution is 2.37. The van der Waals surface area contributed by atoms with Crippen LogP contribution in [0.1, 0.15) is 42.5 Å². The number of ether oxygens (including phenoxy) is 1. The molecular weight excluding hydrogens is 480 g/mol. The second-order valence-electron chi connectivity index (χ2n) is 10.3. The van der Waals surface area contributed by atoms with E-state index in [-0.39, 0.29) is 6.03 Å². The van der Waals surface area contributed by atoms with Gasteiger partial charge in [0.1, 0.15) is 5.84 Å². The van der Waals surface area contributed by atoms with Crippen molar-refractivity contribution in [2.45, 2.75) is 45.1 Å². The van der Waals surface area contributed by atoms with Crippen LogP contribution in [0.4, 0.5) is 10.5 Å². The average Bonchev–Trinajstić information content (AvgIpc) is 3.29. The molecule has 0 spiro atoms. The molecule has 0 aliphatic carbocycles. The summed E-state index contributed by atoms with van der Waals surface area (Å²) >= 11 is 0. The van der Waals surface area contributed by atoms with Crippen molar-refractivity contribution >= 4 is 17.6 Å². The standard InChI is InChI=1S/C28H36N8O2/c1-18-23(16-34(3)33-18)22-13-19-5-4-9-36(26(19)14-20(22)15-29)27(30)24-17-35(28(37)31-2)10-6-25(24)32-21-7-11-38-12-8-21/h13-14,16,21,30,32H,4-12,17H2,1-3H3,(H,31,37). The number of nitrogens with zero attached hydrogens (tertiary/aromatic N) is 5. The summed E-state index contributed by atoms with van der Waals surface area (Å²) in [5, 5.41) is 30.3. The first kappa shape index (κ1) is 25.8. The molecule has 3 aliphatic rings. The van der Waals surface area contributed by atoms with E-state index in [1.165, 1.54) is 0 Å². The fourth-order valence-electron chi connectivity index (χ4n) is 5.77. The molecule has 10 heteroatoms. The molecule has 1 aromatic carbocycles. The molecule has 4 heterocycles. The molecule has 2 aromatic rings. The smallest absolute Gasteiger partial charge is 0.317 e. The molecule has 1 saturated heterocycles. The maximum absolute atomic E-state index is 12.5. The number of rotatable bonds is 4. The van der Waals surface area contributed by atoms with Crippen LogP contribution in [0, 0.1) is 23.7 Å². The Morgan fingerprint density at radius 1 is 1.21 bits per heavy atom. The molecule has 5 rings (SSSR count). The van der Waals surface area contributed by atoms with Gasteiger partial charge in [-0.1, -0.05) is 0 Å². The van der Waals surface area contributed by atoms with E-state index >= 15 is 0 Å². The van der Waals surface area contributed by atoms with Crippen LogP contribution in [0.2, 0.25) is 0 Å². The third-order valence-corrected chi connectivity index (χ3v) is 7.76. The number of nitriles is 1. The summed E-state index contributed by atoms with van der Waals surface area (Å²) in [7, 11) is 3.52. The number of urea groups is 1. The molecule has 3 N–H and O–H groups in total. The van der Waals surface area contributed by atoms with Crippen LogP contribution in [0.15, 0.2) is 29.6 Å². The number of nitrogens with one attached hydrogen (secondary N) is 3. The van der Waals surface area contributed by atoms with Gasteiger partial charge in [-0.3, -0.25) is 10.1 Å². The number of amides is 2. The highest BCUT2D eigenvalue weighted by molar-refractivity contribution is 6.09. The quantitative estimate of drug-likeness (QED) is 0.424. The van der Waals surface area contributed by atoms with Crippen LogP contribution >= 0.6 is 0 Å². The summed E-state index contributed by atoms with van der Waals surface area (Å²) in [4.78, 5) is 16.3. The number of fused-ring (bicyclic) bond motifs is 1. The van der Waals surface area contributed by atoms with Gasteiger partial charge >= 0.3 is 6.03 Å². The van der Waals surface area contributed by atoms with E-state index in [0.717, 1.165) is 78.2 Å². The summed E-state index contributed by atoms with van der Waals surface area (Å²) in [5.74, 6) is 0.392. The minimum Gasteiger partial charge on any atom is -0.385 e. The highest BCUT2D eigenvalue weighted by atomic mass is 16.5. The average molecular weight is 517 g/mol. The minimum absolute atomic E-state index is 0.136. The summed E-state index contributed by atoms with van der Waals surface area (Å²) in [5.41, 5.74) is 7.20. The van der Waals surface area contributed by atoms with Crippen LogP contribution < -0.4 is 15.5 Å². The van der Waals surface area contributed by atoms with E-state index in [9.17, 15) is 15.5 Å². The van der Waals surface area contributed by atoms with Crippen molar-refractivity contribution in [3.05, 3.63) is 46.4 Å². The first-order valence-electron chi connectivity index (χ1n) is 13.4. The number of aromatic nitrogens is 2. The van der Waals surface area contributed by atoms with Gasteiger partial charge in [0.25, 0.3) is 0 Å². The topological polar surface area (TPSA) is 122 Å². The lowest BCUT2D eigenvalue weighted by atomic mass is 9.91. The lowest BCUT2D eigenvalue weighted by Gasteiger charge is -2.38. The molecule has 0 bridgehead atoms. The number of hydrogen-bond acceptors (Lipinski definition) is 6. The van der Waals surface area contributed by atoms with Crippen molar-refractivity contribution in [3.63, 3.8) is 0 Å². The highest BCUT2D eigenvalue weighted by Gasteiger charge is 2.31. The van der Waals surface area contributed by atoms with Gasteiger partial charge in [-0.05, 0) is 50.3 Å². The maximum Gasteiger partial charge on any atom is 0.317 e. The fraction of sp³-hybridized carbons (Fsp3) is 0.500. The molecule has 0 atom stereocenters. The normalized spacial score (nSPS) is 18.2. The molecule has 0 radical (unpaired) electrons. The van der Waals surface area contributed by atoms with E-state index in [1.807, 2.05) is 31.1 Å². The molecule has 3 aliphatic heterocycles. The lowest BCUT2D eigenvalue weighted by molar-refractivity contribution is 0.0798. The zero-order valence-electron chi connectivity index (χ0n) is 22.4. The molecule has 10 nitrogen and oxygen atoms in total. The fourth-order valence-corrected chi connectivity index (χ4v) is 5.77. The molecule has 38 heavy (non-hydrogen) atoms. The molecule has 0 unspecified atom stereocenters. The van der Waals surface area contributed by atoms with Crippen molar-refractivity contribution in [1.29, 1.82) is 10.7 Å². The van der Waals surface area contributed by atoms with Crippen LogP contribution in [0.25, 0.3) is 11.1 Å². The first-order valence-corrected chi connectivity index (χ1v) is 13.4. The van der Waals surface area contributed by atoms with Gasteiger partial charge in [-0.15, -0.1) is 0 Å². The second-order valence-corrected chi connectivity index (χ2v) is 10.3. The zero-order chi connectivity index (χ0) is 26.8. The Balaban J connectivity index is 1.51. The van der Waals surface area contributed by atoms with Gasteiger partial charge in [0.2, 0.25) is 0 Å². The monoisotopic (exact) mass is 516 g/mol. The predicted molar refractivity (Wildman–Crippen MR) is 146 cm³/mol. The van der Waals surface area contributed by atoms with Gasteiger partial charge in [0.15, 0.2) is 0 Å². The van der Waals surface area contributed by atoms with Gasteiger partial charge < -0.3 is 25.2 Å². The zero-order valence-corrected chi connectivity index (χ0v) is 22.4. The van der Waals surface area contributed by atoms with Crippen molar-refractivity contribution in [2.24, 2.45) is 7.05 Å². The van der Waals surface area contributed by atoms with Gasteiger partial charge in [-0.25, -0.2) is 4.79 Å². The Morgan fingerprint density at radius 3 is 2.68 bits per heavy atom. The molecule has 2 amide bonds. The van der Waals surface area contributed by atoms with Gasteiger partial charge in [-0.2, -0.15) is 10.4 Å². The number of benzene rings is 1. The van der Waals surface area contributed by atoms with Crippen molar-refractivity contribution in [3.8, 4) is 17.2 Å². The Labute approximate surface area is 223 Å². The van der Waals surface area contributed by atoms with Crippen molar-refractivity contribution in [1.82, 2.24) is 25.3 Å². The lowest BCUT2D eigenvalue weighted by Crippen LogP contribution is -2.48. The predicted octanol–water partition coefficient (Wildman–Crippen LogP) is 3.06. The summed E-state index contributed by atoms with van der Waals surface area (Å²) in [6.45, 7) is 5.09. The van der Waals surface area contributed by atoms with Crippen LogP contribution in [0.5, 0.6) is 0 Å². The Bertz CT molecular complexity index is 1310. The Morgan fingerprint density at radius 2 is 2.00 bits per heavy atom. The van der Waals surface area contributed by atoms with Crippen LogP contribution in [0.3, 0.4) is 0 Å². The molecule has 200 valence electrons.